The number of aromatic nitrogens is 1. The van der Waals surface area contributed by atoms with Gasteiger partial charge in [0, 0.05) is 42.5 Å². The number of likely N-dealkylation sites (N-methyl/N-ethyl adjacent to an activating group) is 1. The van der Waals surface area contributed by atoms with Crippen molar-refractivity contribution in [2.75, 3.05) is 21.2 Å². The summed E-state index contributed by atoms with van der Waals surface area (Å²) in [6.45, 7) is 10.6. The van der Waals surface area contributed by atoms with E-state index in [1.54, 1.807) is 33.9 Å². The van der Waals surface area contributed by atoms with Crippen molar-refractivity contribution in [1.82, 2.24) is 15.2 Å². The number of Topliss-reactive ketones (excluding diaryl/α,β-unsaturated/α-hetero) is 2. The summed E-state index contributed by atoms with van der Waals surface area (Å²) in [6.07, 6.45) is 0.0794. The predicted octanol–water partition coefficient (Wildman–Crippen LogP) is 5.20. The normalized spacial score (nSPS) is 38.9. The highest BCUT2D eigenvalue weighted by molar-refractivity contribution is 6.08. The third-order valence-electron chi connectivity index (χ3n) is 12.1. The van der Waals surface area contributed by atoms with Crippen LogP contribution in [0.25, 0.3) is 17.0 Å². The van der Waals surface area contributed by atoms with Gasteiger partial charge in [0.25, 0.3) is 5.67 Å². The minimum absolute atomic E-state index is 0.00598. The van der Waals surface area contributed by atoms with Crippen LogP contribution in [0.15, 0.2) is 42.6 Å². The maximum atomic E-state index is 17.0. The summed E-state index contributed by atoms with van der Waals surface area (Å²) < 4.78 is 47.2. The molecule has 3 aliphatic heterocycles. The Morgan fingerprint density at radius 1 is 1.07 bits per heavy atom. The second kappa shape index (κ2) is 17.0. The Labute approximate surface area is 328 Å². The minimum atomic E-state index is -3.20. The van der Waals surface area contributed by atoms with Crippen molar-refractivity contribution in [2.45, 2.75) is 134 Å². The van der Waals surface area contributed by atoms with E-state index in [9.17, 15) is 24.3 Å². The largest absolute Gasteiger partial charge is 0.455 e. The van der Waals surface area contributed by atoms with Crippen LogP contribution in [0.1, 0.15) is 79.7 Å². The Morgan fingerprint density at radius 3 is 2.45 bits per heavy atom. The minimum Gasteiger partial charge on any atom is -0.455 e. The molecule has 14 heteroatoms. The summed E-state index contributed by atoms with van der Waals surface area (Å²) in [7, 11) is 5.03. The number of rotatable bonds is 8. The van der Waals surface area contributed by atoms with Crippen molar-refractivity contribution in [3.8, 4) is 0 Å². The molecule has 0 saturated carbocycles. The highest BCUT2D eigenvalue weighted by Gasteiger charge is 2.59. The van der Waals surface area contributed by atoms with Gasteiger partial charge in [-0.1, -0.05) is 51.1 Å². The number of cyclic esters (lactones) is 1. The maximum absolute atomic E-state index is 17.0. The third-order valence-corrected chi connectivity index (χ3v) is 12.1. The van der Waals surface area contributed by atoms with Crippen molar-refractivity contribution < 1.29 is 52.4 Å². The van der Waals surface area contributed by atoms with Crippen LogP contribution in [0, 0.1) is 17.8 Å². The Balaban J connectivity index is 1.51. The first-order valence-electron chi connectivity index (χ1n) is 19.4. The van der Waals surface area contributed by atoms with E-state index in [1.807, 2.05) is 68.4 Å². The first-order chi connectivity index (χ1) is 26.2. The number of fused-ring (bicyclic) bond motifs is 2. The number of carbonyl (C=O) groups excluding carboxylic acids is 4. The van der Waals surface area contributed by atoms with E-state index in [4.69, 9.17) is 23.7 Å². The zero-order valence-electron chi connectivity index (χ0n) is 34.1. The molecule has 0 radical (unpaired) electrons. The number of para-hydroxylation sites is 1. The van der Waals surface area contributed by atoms with Crippen molar-refractivity contribution in [1.29, 1.82) is 0 Å². The molecule has 0 aliphatic carbocycles. The molecule has 0 spiro atoms. The van der Waals surface area contributed by atoms with Gasteiger partial charge in [-0.3, -0.25) is 14.6 Å². The second-order valence-corrected chi connectivity index (χ2v) is 16.6. The molecule has 3 aliphatic rings. The predicted molar refractivity (Wildman–Crippen MR) is 206 cm³/mol. The van der Waals surface area contributed by atoms with Gasteiger partial charge in [0.2, 0.25) is 0 Å². The summed E-state index contributed by atoms with van der Waals surface area (Å²) in [5.74, 6) is -5.89. The lowest BCUT2D eigenvalue weighted by Gasteiger charge is -2.47. The topological polar surface area (TPSA) is 163 Å². The number of nitrogens with zero attached hydrogens (tertiary/aromatic N) is 2. The number of ketones is 2. The fourth-order valence-corrected chi connectivity index (χ4v) is 8.69. The molecule has 1 aromatic heterocycles. The summed E-state index contributed by atoms with van der Waals surface area (Å²) in [4.78, 5) is 61.9. The number of hydrogen-bond donors (Lipinski definition) is 2. The van der Waals surface area contributed by atoms with Crippen LogP contribution < -0.4 is 5.32 Å². The SMILES string of the molecule is CO[C@]1(C)C[C@@H](C)C(=O)[C@H](C)[C@H]2NC(=O)O[C@]2(C)[C@@H](CC/C=C/c2cnc3ccccc3c2)OC(=O)[C@@](C)(F)C(=O)[C@H](C)[C@H]1OC1OC(C)CC(N(C)C)C1O. The van der Waals surface area contributed by atoms with E-state index >= 15 is 4.39 Å². The van der Waals surface area contributed by atoms with Crippen LogP contribution in [0.4, 0.5) is 9.18 Å². The zero-order valence-corrected chi connectivity index (χ0v) is 34.1. The Kier molecular flexibility index (Phi) is 13.1. The van der Waals surface area contributed by atoms with Gasteiger partial charge in [-0.2, -0.15) is 0 Å². The Morgan fingerprint density at radius 2 is 1.77 bits per heavy atom. The number of allylic oxidation sites excluding steroid dienone is 1. The van der Waals surface area contributed by atoms with Crippen LogP contribution in [0.5, 0.6) is 0 Å². The van der Waals surface area contributed by atoms with Crippen LogP contribution in [-0.2, 0) is 38.1 Å². The number of halogens is 1. The molecule has 5 rings (SSSR count). The summed E-state index contributed by atoms with van der Waals surface area (Å²) in [5.41, 5.74) is -4.60. The summed E-state index contributed by atoms with van der Waals surface area (Å²) in [5, 5.41) is 15.1. The van der Waals surface area contributed by atoms with Gasteiger partial charge in [0.15, 0.2) is 17.7 Å². The Bertz CT molecular complexity index is 1800. The van der Waals surface area contributed by atoms with Crippen molar-refractivity contribution in [3.63, 3.8) is 0 Å². The number of aliphatic hydroxyl groups excluding tert-OH is 1. The number of alkyl halides is 1. The third kappa shape index (κ3) is 8.69. The standard InChI is InChI=1S/C42H58FN3O10/c1-23-21-40(5,52-10)36(55-37-33(48)30(46(8)9)19-24(2)53-37)26(4)35(49)41(6,43)38(50)54-31(42(7)34(25(3)32(23)47)45-39(51)56-42)18-14-11-15-27-20-28-16-12-13-17-29(28)44-22-27/h11-13,15-17,20,22-26,30-31,33-34,36-37,48H,14,18-19,21H2,1-10H3,(H,45,51)/b15-11+/t23-,24?,25+,26+,30?,31-,33?,34-,36-,37?,40-,41+,42-/m1/s1. The fourth-order valence-electron chi connectivity index (χ4n) is 8.69. The average Bonchev–Trinajstić information content (AvgIpc) is 3.48. The van der Waals surface area contributed by atoms with Gasteiger partial charge in [-0.15, -0.1) is 0 Å². The first-order valence-corrected chi connectivity index (χ1v) is 19.4. The van der Waals surface area contributed by atoms with E-state index in [0.717, 1.165) is 23.4 Å². The van der Waals surface area contributed by atoms with Crippen LogP contribution in [-0.4, -0.2) is 119 Å². The van der Waals surface area contributed by atoms with Crippen LogP contribution in [0.2, 0.25) is 0 Å². The smallest absolute Gasteiger partial charge is 0.408 e. The average molecular weight is 784 g/mol. The molecular formula is C42H58FN3O10. The van der Waals surface area contributed by atoms with E-state index in [-0.39, 0.29) is 37.2 Å². The quantitative estimate of drug-likeness (QED) is 0.266. The van der Waals surface area contributed by atoms with E-state index < -0.39 is 83.1 Å². The molecule has 1 amide bonds. The number of aliphatic hydroxyl groups is 1. The maximum Gasteiger partial charge on any atom is 0.408 e. The van der Waals surface area contributed by atoms with Crippen LogP contribution in [0.3, 0.4) is 0 Å². The second-order valence-electron chi connectivity index (χ2n) is 16.6. The van der Waals surface area contributed by atoms with E-state index in [2.05, 4.69) is 10.3 Å². The van der Waals surface area contributed by atoms with Gasteiger partial charge >= 0.3 is 12.1 Å². The number of alkyl carbamates (subject to hydrolysis) is 1. The van der Waals surface area contributed by atoms with Gasteiger partial charge in [0.1, 0.15) is 18.0 Å². The number of benzene rings is 1. The molecule has 1 aromatic carbocycles. The van der Waals surface area contributed by atoms with E-state index in [0.29, 0.717) is 6.42 Å². The molecule has 0 bridgehead atoms. The van der Waals surface area contributed by atoms with Crippen molar-refractivity contribution in [2.24, 2.45) is 17.8 Å². The number of ether oxygens (including phenoxy) is 5. The van der Waals surface area contributed by atoms with Gasteiger partial charge in [0.05, 0.1) is 29.4 Å². The molecule has 13 atom stereocenters. The number of amides is 1. The lowest BCUT2D eigenvalue weighted by Crippen LogP contribution is -2.61. The number of nitrogens with one attached hydrogen (secondary N) is 1. The molecule has 308 valence electrons. The highest BCUT2D eigenvalue weighted by atomic mass is 19.1. The lowest BCUT2D eigenvalue weighted by molar-refractivity contribution is -0.295. The monoisotopic (exact) mass is 783 g/mol. The molecule has 2 aromatic rings. The highest BCUT2D eigenvalue weighted by Crippen LogP contribution is 2.41. The molecular weight excluding hydrogens is 725 g/mol. The number of esters is 1. The van der Waals surface area contributed by atoms with Gasteiger partial charge in [-0.25, -0.2) is 14.0 Å². The number of hydrogen-bond acceptors (Lipinski definition) is 12. The number of carbonyl (C=O) groups is 4. The van der Waals surface area contributed by atoms with E-state index in [1.165, 1.54) is 14.0 Å². The molecule has 4 unspecified atom stereocenters. The molecule has 56 heavy (non-hydrogen) atoms. The lowest BCUT2D eigenvalue weighted by atomic mass is 9.73. The number of pyridine rings is 1. The van der Waals surface area contributed by atoms with Crippen molar-refractivity contribution >= 4 is 40.6 Å². The summed E-state index contributed by atoms with van der Waals surface area (Å²) >= 11 is 0. The van der Waals surface area contributed by atoms with Crippen LogP contribution >= 0.6 is 0 Å². The first kappa shape index (κ1) is 43.3. The fraction of sp³-hybridized carbons (Fsp3) is 0.643. The molecule has 4 heterocycles. The molecule has 3 fully saturated rings. The zero-order chi connectivity index (χ0) is 41.3. The van der Waals surface area contributed by atoms with Gasteiger partial charge in [-0.05, 0) is 85.2 Å². The summed E-state index contributed by atoms with van der Waals surface area (Å²) in [6, 6.07) is 8.32. The Hall–Kier alpha value is -3.82. The van der Waals surface area contributed by atoms with Gasteiger partial charge < -0.3 is 39.0 Å². The van der Waals surface area contributed by atoms with Crippen molar-refractivity contribution in [3.05, 3.63) is 48.2 Å². The molecule has 13 nitrogen and oxygen atoms in total. The number of methoxy groups -OCH3 is 1. The molecule has 3 saturated heterocycles. The molecule has 2 N–H and O–H groups in total.